The second-order valence-electron chi connectivity index (χ2n) is 6.22. The van der Waals surface area contributed by atoms with Crippen LogP contribution in [-0.4, -0.2) is 29.4 Å². The van der Waals surface area contributed by atoms with Crippen LogP contribution in [-0.2, 0) is 16.8 Å². The molecule has 1 aliphatic rings. The Balaban J connectivity index is 1.99. The molecule has 0 unspecified atom stereocenters. The molecule has 128 valence electrons. The highest BCUT2D eigenvalue weighted by Crippen LogP contribution is 2.35. The van der Waals surface area contributed by atoms with Gasteiger partial charge in [0.1, 0.15) is 0 Å². The molecule has 1 heterocycles. The number of benzene rings is 2. The Hall–Kier alpha value is -2.68. The minimum Gasteiger partial charge on any atom is -0.478 e. The van der Waals surface area contributed by atoms with Crippen LogP contribution in [0.15, 0.2) is 42.5 Å². The lowest BCUT2D eigenvalue weighted by molar-refractivity contribution is 0.0675. The van der Waals surface area contributed by atoms with Crippen molar-refractivity contribution in [2.75, 3.05) is 13.2 Å². The predicted molar refractivity (Wildman–Crippen MR) is 92.1 cm³/mol. The average molecular weight is 337 g/mol. The number of carboxylic acids is 1. The molecule has 0 radical (unpaired) electrons. The normalized spacial score (nSPS) is 16.2. The van der Waals surface area contributed by atoms with Crippen molar-refractivity contribution in [3.63, 3.8) is 0 Å². The minimum absolute atomic E-state index is 0.170. The number of nitriles is 1. The molecule has 25 heavy (non-hydrogen) atoms. The van der Waals surface area contributed by atoms with E-state index in [1.54, 1.807) is 12.1 Å². The Bertz CT molecular complexity index is 815. The molecule has 3 rings (SSSR count). The molecule has 0 aliphatic carbocycles. The molecule has 1 saturated heterocycles. The number of ether oxygens (including phenoxy) is 1. The second-order valence-corrected chi connectivity index (χ2v) is 6.22. The first-order valence-corrected chi connectivity index (χ1v) is 8.16. The highest BCUT2D eigenvalue weighted by atomic mass is 16.5. The van der Waals surface area contributed by atoms with Crippen molar-refractivity contribution in [2.45, 2.75) is 24.9 Å². The van der Waals surface area contributed by atoms with Gasteiger partial charge in [0, 0.05) is 13.2 Å². The zero-order valence-corrected chi connectivity index (χ0v) is 13.7. The molecule has 0 amide bonds. The summed E-state index contributed by atoms with van der Waals surface area (Å²) in [6, 6.07) is 14.7. The summed E-state index contributed by atoms with van der Waals surface area (Å²) in [4.78, 5) is 11.2. The third-order valence-corrected chi connectivity index (χ3v) is 4.84. The number of aromatic carboxylic acids is 1. The topological polar surface area (TPSA) is 90.6 Å². The molecule has 2 aromatic carbocycles. The highest BCUT2D eigenvalue weighted by molar-refractivity contribution is 5.90. The molecule has 0 saturated carbocycles. The molecular formula is C20H19NO4. The molecule has 0 bridgehead atoms. The number of carboxylic acid groups (broad SMARTS) is 1. The van der Waals surface area contributed by atoms with Gasteiger partial charge in [-0.3, -0.25) is 0 Å². The molecular weight excluding hydrogens is 318 g/mol. The van der Waals surface area contributed by atoms with E-state index in [9.17, 15) is 20.3 Å². The van der Waals surface area contributed by atoms with Crippen LogP contribution in [0.2, 0.25) is 0 Å². The maximum atomic E-state index is 11.2. The van der Waals surface area contributed by atoms with Gasteiger partial charge in [-0.1, -0.05) is 30.3 Å². The predicted octanol–water partition coefficient (Wildman–Crippen LogP) is 3.12. The molecule has 1 aliphatic heterocycles. The number of hydrogen-bond donors (Lipinski definition) is 2. The van der Waals surface area contributed by atoms with Gasteiger partial charge in [0.05, 0.1) is 23.7 Å². The summed E-state index contributed by atoms with van der Waals surface area (Å²) in [5.41, 5.74) is 2.76. The van der Waals surface area contributed by atoms with Crippen molar-refractivity contribution in [1.82, 2.24) is 0 Å². The van der Waals surface area contributed by atoms with E-state index in [0.29, 0.717) is 37.2 Å². The summed E-state index contributed by atoms with van der Waals surface area (Å²) in [5, 5.41) is 28.4. The number of rotatable bonds is 4. The summed E-state index contributed by atoms with van der Waals surface area (Å²) < 4.78 is 5.37. The van der Waals surface area contributed by atoms with Crippen LogP contribution in [0.1, 0.15) is 34.3 Å². The van der Waals surface area contributed by atoms with Crippen LogP contribution in [0.4, 0.5) is 0 Å². The maximum absolute atomic E-state index is 11.2. The SMILES string of the molecule is N#CC1(c2ccc(-c3cc(C(=O)O)ccc3CO)cc2)CCOCC1. The van der Waals surface area contributed by atoms with E-state index in [0.717, 1.165) is 11.1 Å². The van der Waals surface area contributed by atoms with Crippen molar-refractivity contribution in [2.24, 2.45) is 0 Å². The monoisotopic (exact) mass is 337 g/mol. The molecule has 5 heteroatoms. The number of nitrogens with zero attached hydrogens (tertiary/aromatic N) is 1. The fourth-order valence-electron chi connectivity index (χ4n) is 3.27. The first-order chi connectivity index (χ1) is 12.1. The fourth-order valence-corrected chi connectivity index (χ4v) is 3.27. The van der Waals surface area contributed by atoms with Crippen molar-refractivity contribution in [3.05, 3.63) is 59.2 Å². The summed E-state index contributed by atoms with van der Waals surface area (Å²) in [7, 11) is 0. The van der Waals surface area contributed by atoms with Crippen LogP contribution < -0.4 is 0 Å². The zero-order chi connectivity index (χ0) is 17.9. The molecule has 5 nitrogen and oxygen atoms in total. The Morgan fingerprint density at radius 2 is 1.84 bits per heavy atom. The van der Waals surface area contributed by atoms with Crippen LogP contribution in [0.25, 0.3) is 11.1 Å². The van der Waals surface area contributed by atoms with Gasteiger partial charge in [-0.2, -0.15) is 5.26 Å². The highest BCUT2D eigenvalue weighted by Gasteiger charge is 2.34. The third kappa shape index (κ3) is 3.27. The quantitative estimate of drug-likeness (QED) is 0.894. The largest absolute Gasteiger partial charge is 0.478 e. The smallest absolute Gasteiger partial charge is 0.335 e. The van der Waals surface area contributed by atoms with Gasteiger partial charge < -0.3 is 14.9 Å². The first kappa shape index (κ1) is 17.2. The Morgan fingerprint density at radius 1 is 1.16 bits per heavy atom. The zero-order valence-electron chi connectivity index (χ0n) is 13.7. The summed E-state index contributed by atoms with van der Waals surface area (Å²) in [6.45, 7) is 0.978. The lowest BCUT2D eigenvalue weighted by Gasteiger charge is -2.31. The van der Waals surface area contributed by atoms with E-state index in [-0.39, 0.29) is 12.2 Å². The van der Waals surface area contributed by atoms with Gasteiger partial charge in [-0.25, -0.2) is 4.79 Å². The van der Waals surface area contributed by atoms with E-state index >= 15 is 0 Å². The van der Waals surface area contributed by atoms with Gasteiger partial charge >= 0.3 is 5.97 Å². The van der Waals surface area contributed by atoms with Gasteiger partial charge in [-0.15, -0.1) is 0 Å². The van der Waals surface area contributed by atoms with E-state index in [2.05, 4.69) is 6.07 Å². The molecule has 2 aromatic rings. The van der Waals surface area contributed by atoms with E-state index in [4.69, 9.17) is 4.74 Å². The average Bonchev–Trinajstić information content (AvgIpc) is 2.68. The second kappa shape index (κ2) is 7.06. The lowest BCUT2D eigenvalue weighted by Crippen LogP contribution is -2.32. The number of hydrogen-bond acceptors (Lipinski definition) is 4. The van der Waals surface area contributed by atoms with Gasteiger partial charge in [0.2, 0.25) is 0 Å². The van der Waals surface area contributed by atoms with Crippen LogP contribution in [0.5, 0.6) is 0 Å². The first-order valence-electron chi connectivity index (χ1n) is 8.16. The minimum atomic E-state index is -1.01. The standard InChI is InChI=1S/C20H19NO4/c21-13-20(7-9-25-10-8-20)17-5-3-14(4-6-17)18-11-15(19(23)24)1-2-16(18)12-22/h1-6,11,22H,7-10,12H2,(H,23,24). The van der Waals surface area contributed by atoms with E-state index in [1.165, 1.54) is 6.07 Å². The van der Waals surface area contributed by atoms with Crippen molar-refractivity contribution >= 4 is 5.97 Å². The van der Waals surface area contributed by atoms with Crippen LogP contribution in [0.3, 0.4) is 0 Å². The molecule has 2 N–H and O–H groups in total. The summed E-state index contributed by atoms with van der Waals surface area (Å²) in [6.07, 6.45) is 1.33. The lowest BCUT2D eigenvalue weighted by atomic mass is 9.75. The number of aliphatic hydroxyl groups excluding tert-OH is 1. The Morgan fingerprint density at radius 3 is 2.40 bits per heavy atom. The maximum Gasteiger partial charge on any atom is 0.335 e. The van der Waals surface area contributed by atoms with Gasteiger partial charge in [0.15, 0.2) is 0 Å². The van der Waals surface area contributed by atoms with E-state index < -0.39 is 11.4 Å². The summed E-state index contributed by atoms with van der Waals surface area (Å²) in [5.74, 6) is -1.01. The number of aliphatic hydroxyl groups is 1. The van der Waals surface area contributed by atoms with Crippen LogP contribution >= 0.6 is 0 Å². The third-order valence-electron chi connectivity index (χ3n) is 4.84. The Kier molecular flexibility index (Phi) is 4.84. The fraction of sp³-hybridized carbons (Fsp3) is 0.300. The van der Waals surface area contributed by atoms with Crippen molar-refractivity contribution < 1.29 is 19.7 Å². The number of carbonyl (C=O) groups is 1. The van der Waals surface area contributed by atoms with Crippen molar-refractivity contribution in [1.29, 1.82) is 5.26 Å². The molecule has 1 fully saturated rings. The molecule has 0 atom stereocenters. The molecule has 0 spiro atoms. The van der Waals surface area contributed by atoms with Gasteiger partial charge in [0.25, 0.3) is 0 Å². The van der Waals surface area contributed by atoms with Crippen molar-refractivity contribution in [3.8, 4) is 17.2 Å². The van der Waals surface area contributed by atoms with Gasteiger partial charge in [-0.05, 0) is 47.2 Å². The molecule has 0 aromatic heterocycles. The van der Waals surface area contributed by atoms with Crippen LogP contribution in [0, 0.1) is 11.3 Å². The van der Waals surface area contributed by atoms with E-state index in [1.807, 2.05) is 24.3 Å². The Labute approximate surface area is 146 Å². The summed E-state index contributed by atoms with van der Waals surface area (Å²) >= 11 is 0.